The molecule has 0 aliphatic carbocycles. The summed E-state index contributed by atoms with van der Waals surface area (Å²) in [5, 5.41) is 52.6. The molecule has 7 rings (SSSR count). The Morgan fingerprint density at radius 2 is 1.76 bits per heavy atom. The molecule has 5 aromatic rings. The normalized spacial score (nSPS) is 21.4. The number of hydrogen-bond donors (Lipinski definition) is 8. The Morgan fingerprint density at radius 3 is 2.49 bits per heavy atom. The molecule has 2 aliphatic heterocycles. The third-order valence-corrected chi connectivity index (χ3v) is 13.1. The minimum atomic E-state index is -1.50. The van der Waals surface area contributed by atoms with Gasteiger partial charge in [-0.05, 0) is 47.2 Å². The molecule has 8 atom stereocenters. The number of amides is 4. The van der Waals surface area contributed by atoms with Gasteiger partial charge in [-0.3, -0.25) is 19.2 Å². The number of aliphatic hydroxyl groups excluding tert-OH is 4. The summed E-state index contributed by atoms with van der Waals surface area (Å²) < 4.78 is 18.7. The van der Waals surface area contributed by atoms with Crippen molar-refractivity contribution in [2.75, 3.05) is 38.6 Å². The Balaban J connectivity index is 0.827. The SMILES string of the molecule is Cc1ncsc1-c1ccc(CNC(=O)[C@@H]2C[C@@H](O)CN2C(=O)[C@@H](NC(=O)CCOCCNC(=O)COc2cc([C@@H](O)[C@H]3OC(n4ccc5c(N)ncnc54)[C@H](O)[C@@H]3O)ccc2Cl)C(C)(C)C)cc1. The number of carbonyl (C=O) groups is 4. The van der Waals surface area contributed by atoms with E-state index in [1.165, 1.54) is 34.0 Å². The lowest BCUT2D eigenvalue weighted by Gasteiger charge is -2.35. The van der Waals surface area contributed by atoms with Crippen LogP contribution in [0.2, 0.25) is 5.02 Å². The lowest BCUT2D eigenvalue weighted by molar-refractivity contribution is -0.144. The summed E-state index contributed by atoms with van der Waals surface area (Å²) in [7, 11) is 0. The van der Waals surface area contributed by atoms with E-state index in [0.29, 0.717) is 11.0 Å². The molecule has 0 radical (unpaired) electrons. The topological polar surface area (TPSA) is 286 Å². The van der Waals surface area contributed by atoms with E-state index in [2.05, 4.69) is 30.9 Å². The van der Waals surface area contributed by atoms with E-state index in [1.807, 2.05) is 31.2 Å². The van der Waals surface area contributed by atoms with Crippen molar-refractivity contribution in [3.63, 3.8) is 0 Å². The molecule has 4 amide bonds. The number of thiazole rings is 1. The van der Waals surface area contributed by atoms with Crippen LogP contribution in [0.3, 0.4) is 0 Å². The van der Waals surface area contributed by atoms with Crippen LogP contribution in [0.15, 0.2) is 66.6 Å². The monoisotopic (exact) mass is 977 g/mol. The minimum Gasteiger partial charge on any atom is -0.482 e. The molecule has 0 bridgehead atoms. The van der Waals surface area contributed by atoms with E-state index in [4.69, 9.17) is 31.5 Å². The number of nitrogens with two attached hydrogens (primary N) is 1. The van der Waals surface area contributed by atoms with Gasteiger partial charge in [0.2, 0.25) is 17.7 Å². The van der Waals surface area contributed by atoms with Gasteiger partial charge in [0.05, 0.1) is 45.8 Å². The maximum Gasteiger partial charge on any atom is 0.258 e. The highest BCUT2D eigenvalue weighted by atomic mass is 35.5. The van der Waals surface area contributed by atoms with Crippen LogP contribution in [0.4, 0.5) is 5.82 Å². The van der Waals surface area contributed by atoms with Crippen LogP contribution in [0.25, 0.3) is 21.5 Å². The zero-order chi connectivity index (χ0) is 48.9. The first-order valence-corrected chi connectivity index (χ1v) is 23.3. The molecule has 5 heterocycles. The number of benzene rings is 2. The van der Waals surface area contributed by atoms with E-state index in [9.17, 15) is 39.6 Å². The minimum absolute atomic E-state index is 0.0194. The number of ether oxygens (including phenoxy) is 3. The molecule has 1 unspecified atom stereocenters. The van der Waals surface area contributed by atoms with Crippen molar-refractivity contribution in [1.29, 1.82) is 0 Å². The first-order chi connectivity index (χ1) is 32.4. The summed E-state index contributed by atoms with van der Waals surface area (Å²) in [4.78, 5) is 68.0. The highest BCUT2D eigenvalue weighted by Gasteiger charge is 2.48. The zero-order valence-electron chi connectivity index (χ0n) is 37.9. The number of halogens is 1. The molecule has 2 aliphatic rings. The van der Waals surface area contributed by atoms with Gasteiger partial charge in [-0.15, -0.1) is 11.3 Å². The average Bonchev–Trinajstić information content (AvgIpc) is 4.11. The molecule has 68 heavy (non-hydrogen) atoms. The summed E-state index contributed by atoms with van der Waals surface area (Å²) in [5.41, 5.74) is 10.4. The maximum absolute atomic E-state index is 14.0. The fraction of sp³-hybridized carbons (Fsp3) is 0.457. The third-order valence-electron chi connectivity index (χ3n) is 11.8. The molecule has 9 N–H and O–H groups in total. The average molecular weight is 979 g/mol. The lowest BCUT2D eigenvalue weighted by atomic mass is 9.85. The second-order valence-electron chi connectivity index (χ2n) is 17.8. The van der Waals surface area contributed by atoms with Crippen LogP contribution in [-0.4, -0.2) is 138 Å². The van der Waals surface area contributed by atoms with E-state index in [-0.39, 0.29) is 67.8 Å². The van der Waals surface area contributed by atoms with Gasteiger partial charge in [0.25, 0.3) is 5.91 Å². The zero-order valence-corrected chi connectivity index (χ0v) is 39.4. The fourth-order valence-corrected chi connectivity index (χ4v) is 9.10. The van der Waals surface area contributed by atoms with Crippen molar-refractivity contribution in [3.05, 3.63) is 88.4 Å². The molecule has 2 saturated heterocycles. The number of fused-ring (bicyclic) bond motifs is 1. The van der Waals surface area contributed by atoms with Gasteiger partial charge in [-0.25, -0.2) is 15.0 Å². The second kappa shape index (κ2) is 21.7. The van der Waals surface area contributed by atoms with Crippen LogP contribution in [0.5, 0.6) is 5.75 Å². The van der Waals surface area contributed by atoms with Gasteiger partial charge >= 0.3 is 0 Å². The molecule has 2 aromatic carbocycles. The number of aromatic nitrogens is 4. The van der Waals surface area contributed by atoms with Crippen LogP contribution in [-0.2, 0) is 35.2 Å². The van der Waals surface area contributed by atoms with Crippen LogP contribution >= 0.6 is 22.9 Å². The lowest BCUT2D eigenvalue weighted by Crippen LogP contribution is -2.57. The number of nitrogens with one attached hydrogen (secondary N) is 3. The molecule has 0 spiro atoms. The Morgan fingerprint density at radius 1 is 1.00 bits per heavy atom. The van der Waals surface area contributed by atoms with Crippen LogP contribution < -0.4 is 26.4 Å². The number of likely N-dealkylation sites (tertiary alicyclic amines) is 1. The van der Waals surface area contributed by atoms with Gasteiger partial charge < -0.3 is 65.8 Å². The molecular formula is C46H56ClN9O11S. The van der Waals surface area contributed by atoms with E-state index >= 15 is 0 Å². The number of rotatable bonds is 18. The summed E-state index contributed by atoms with van der Waals surface area (Å²) in [6.45, 7) is 7.17. The van der Waals surface area contributed by atoms with Crippen LogP contribution in [0.1, 0.15) is 62.8 Å². The third kappa shape index (κ3) is 11.6. The summed E-state index contributed by atoms with van der Waals surface area (Å²) in [6, 6.07) is 11.8. The van der Waals surface area contributed by atoms with Gasteiger partial charge in [0.1, 0.15) is 60.0 Å². The molecule has 22 heteroatoms. The summed E-state index contributed by atoms with van der Waals surface area (Å²) >= 11 is 7.89. The number of hydrogen-bond acceptors (Lipinski definition) is 16. The standard InChI is InChI=1S/C46H56ClN9O11S/c1-24-39(68-23-53-24)26-7-5-25(6-8-26)19-50-43(63)31-18-28(57)20-56(31)44(64)40(46(2,3)4)54-33(58)12-15-65-16-13-49-34(59)21-66-32-17-27(9-10-30(32)47)35(60)38-36(61)37(62)45(67-38)55-14-11-29-41(48)51-22-52-42(29)55/h5-11,14,17,22-23,28,31,35-38,40,45,57,60-62H,12-13,15-16,18-21H2,1-4H3,(H,49,59)(H,50,63)(H,54,58)(H2,48,51,52)/t28-,31+,35-,36+,37-,38-,40-,45?/m1/s1. The number of nitrogens with zero attached hydrogens (tertiary/aromatic N) is 5. The first kappa shape index (κ1) is 50.1. The first-order valence-electron chi connectivity index (χ1n) is 22.0. The molecule has 2 fully saturated rings. The predicted octanol–water partition coefficient (Wildman–Crippen LogP) is 2.16. The number of anilines is 1. The Hall–Kier alpha value is -5.78. The fourth-order valence-electron chi connectivity index (χ4n) is 8.11. The van der Waals surface area contributed by atoms with Crippen molar-refractivity contribution >= 4 is 63.4 Å². The van der Waals surface area contributed by atoms with Gasteiger partial charge in [0, 0.05) is 38.7 Å². The Kier molecular flexibility index (Phi) is 16.0. The van der Waals surface area contributed by atoms with Crippen molar-refractivity contribution in [1.82, 2.24) is 40.4 Å². The quantitative estimate of drug-likeness (QED) is 0.0584. The number of nitrogen functional groups attached to an aromatic ring is 1. The van der Waals surface area contributed by atoms with Crippen LogP contribution in [0, 0.1) is 12.3 Å². The van der Waals surface area contributed by atoms with Gasteiger partial charge in [-0.2, -0.15) is 0 Å². The maximum atomic E-state index is 14.0. The van der Waals surface area contributed by atoms with E-state index in [0.717, 1.165) is 21.7 Å². The predicted molar refractivity (Wildman–Crippen MR) is 250 cm³/mol. The molecule has 364 valence electrons. The van der Waals surface area contributed by atoms with Crippen molar-refractivity contribution < 1.29 is 53.8 Å². The Labute approximate surface area is 400 Å². The second-order valence-corrected chi connectivity index (χ2v) is 19.0. The van der Waals surface area contributed by atoms with E-state index in [1.54, 1.807) is 49.9 Å². The van der Waals surface area contributed by atoms with Gasteiger partial charge in [-0.1, -0.05) is 62.7 Å². The van der Waals surface area contributed by atoms with E-state index < -0.39 is 84.5 Å². The summed E-state index contributed by atoms with van der Waals surface area (Å²) in [5.74, 6) is -1.57. The molecule has 20 nitrogen and oxygen atoms in total. The smallest absolute Gasteiger partial charge is 0.258 e. The number of carbonyl (C=O) groups excluding carboxylic acids is 4. The van der Waals surface area contributed by atoms with Crippen molar-refractivity contribution in [3.8, 4) is 16.2 Å². The van der Waals surface area contributed by atoms with Crippen molar-refractivity contribution in [2.24, 2.45) is 5.41 Å². The number of β-amino-alcohol motifs (C(OH)–C–C–N with tert-alkyl or cyclic N) is 1. The molecule has 3 aromatic heterocycles. The highest BCUT2D eigenvalue weighted by Crippen LogP contribution is 2.39. The van der Waals surface area contributed by atoms with Gasteiger partial charge in [0.15, 0.2) is 12.8 Å². The Bertz CT molecular complexity index is 2590. The molecular weight excluding hydrogens is 922 g/mol. The number of aryl methyl sites for hydroxylation is 1. The van der Waals surface area contributed by atoms with Crippen molar-refractivity contribution in [2.45, 2.75) is 95.9 Å². The highest BCUT2D eigenvalue weighted by molar-refractivity contribution is 7.13. The number of aliphatic hydroxyl groups is 4. The molecule has 0 saturated carbocycles. The summed E-state index contributed by atoms with van der Waals surface area (Å²) in [6.07, 6.45) is -4.84. The largest absolute Gasteiger partial charge is 0.482 e.